The summed E-state index contributed by atoms with van der Waals surface area (Å²) in [7, 11) is 0. The van der Waals surface area contributed by atoms with Crippen molar-refractivity contribution in [2.75, 3.05) is 0 Å². The molecule has 4 unspecified atom stereocenters. The summed E-state index contributed by atoms with van der Waals surface area (Å²) in [5.41, 5.74) is 0. The highest BCUT2D eigenvalue weighted by Gasteiger charge is 2.38. The van der Waals surface area contributed by atoms with Crippen molar-refractivity contribution in [3.8, 4) is 0 Å². The van der Waals surface area contributed by atoms with E-state index in [1.807, 2.05) is 0 Å². The van der Waals surface area contributed by atoms with Gasteiger partial charge in [-0.2, -0.15) is 0 Å². The fourth-order valence-electron chi connectivity index (χ4n) is 2.39. The van der Waals surface area contributed by atoms with Crippen LogP contribution < -0.4 is 0 Å². The normalized spacial score (nSPS) is 47.5. The molecule has 2 aliphatic carbocycles. The standard InChI is InChI=1S/C11H20/c1-3-9-7-11(9)5-4-10-6-8(10)2/h8-11H,3-7H2,1-2H3. The summed E-state index contributed by atoms with van der Waals surface area (Å²) in [6.07, 6.45) is 7.61. The van der Waals surface area contributed by atoms with Crippen molar-refractivity contribution < 1.29 is 0 Å². The van der Waals surface area contributed by atoms with Crippen LogP contribution in [0, 0.1) is 23.7 Å². The summed E-state index contributed by atoms with van der Waals surface area (Å²) in [5.74, 6) is 4.48. The molecule has 0 aromatic rings. The molecule has 0 saturated heterocycles. The Morgan fingerprint density at radius 1 is 1.00 bits per heavy atom. The first-order valence-corrected chi connectivity index (χ1v) is 5.31. The lowest BCUT2D eigenvalue weighted by atomic mass is 10.1. The molecule has 0 aromatic heterocycles. The van der Waals surface area contributed by atoms with Crippen LogP contribution in [0.5, 0.6) is 0 Å². The minimum Gasteiger partial charge on any atom is -0.0651 e. The Kier molecular flexibility index (Phi) is 1.95. The molecule has 0 heteroatoms. The lowest BCUT2D eigenvalue weighted by Gasteiger charge is -1.96. The van der Waals surface area contributed by atoms with Gasteiger partial charge in [0.15, 0.2) is 0 Å². The van der Waals surface area contributed by atoms with Crippen molar-refractivity contribution in [3.05, 3.63) is 0 Å². The van der Waals surface area contributed by atoms with E-state index in [2.05, 4.69) is 13.8 Å². The maximum absolute atomic E-state index is 2.40. The van der Waals surface area contributed by atoms with Crippen LogP contribution in [0.15, 0.2) is 0 Å². The average Bonchev–Trinajstić information content (AvgIpc) is 2.83. The van der Waals surface area contributed by atoms with Crippen LogP contribution in [0.4, 0.5) is 0 Å². The summed E-state index contributed by atoms with van der Waals surface area (Å²) in [6.45, 7) is 4.74. The van der Waals surface area contributed by atoms with Crippen LogP contribution in [0.1, 0.15) is 46.0 Å². The molecular weight excluding hydrogens is 132 g/mol. The van der Waals surface area contributed by atoms with Gasteiger partial charge in [0.05, 0.1) is 0 Å². The van der Waals surface area contributed by atoms with Crippen molar-refractivity contribution in [2.45, 2.75) is 46.0 Å². The van der Waals surface area contributed by atoms with Crippen molar-refractivity contribution >= 4 is 0 Å². The molecule has 0 spiro atoms. The smallest absolute Gasteiger partial charge is 0.0383 e. The summed E-state index contributed by atoms with van der Waals surface area (Å²) < 4.78 is 0. The maximum atomic E-state index is 2.40. The molecule has 0 radical (unpaired) electrons. The van der Waals surface area contributed by atoms with E-state index >= 15 is 0 Å². The molecule has 4 atom stereocenters. The fourth-order valence-corrected chi connectivity index (χ4v) is 2.39. The lowest BCUT2D eigenvalue weighted by Crippen LogP contribution is -1.85. The van der Waals surface area contributed by atoms with E-state index in [0.29, 0.717) is 0 Å². The minimum atomic E-state index is 1.08. The van der Waals surface area contributed by atoms with Gasteiger partial charge in [-0.05, 0) is 49.4 Å². The molecule has 0 heterocycles. The zero-order valence-electron chi connectivity index (χ0n) is 7.84. The lowest BCUT2D eigenvalue weighted by molar-refractivity contribution is 0.553. The van der Waals surface area contributed by atoms with E-state index < -0.39 is 0 Å². The van der Waals surface area contributed by atoms with Crippen LogP contribution in [-0.4, -0.2) is 0 Å². The predicted molar refractivity (Wildman–Crippen MR) is 48.4 cm³/mol. The van der Waals surface area contributed by atoms with Crippen molar-refractivity contribution in [3.63, 3.8) is 0 Å². The van der Waals surface area contributed by atoms with Crippen molar-refractivity contribution in [1.82, 2.24) is 0 Å². The molecule has 0 aromatic carbocycles. The number of hydrogen-bond acceptors (Lipinski definition) is 0. The monoisotopic (exact) mass is 152 g/mol. The summed E-state index contributed by atoms with van der Waals surface area (Å²) in [4.78, 5) is 0. The first kappa shape index (κ1) is 7.64. The number of rotatable bonds is 4. The Labute approximate surface area is 70.4 Å². The third-order valence-electron chi connectivity index (χ3n) is 3.78. The Morgan fingerprint density at radius 3 is 2.09 bits per heavy atom. The summed E-state index contributed by atoms with van der Waals surface area (Å²) >= 11 is 0. The van der Waals surface area contributed by atoms with Gasteiger partial charge in [0.1, 0.15) is 0 Å². The first-order chi connectivity index (χ1) is 5.31. The summed E-state index contributed by atoms with van der Waals surface area (Å²) in [5, 5.41) is 0. The van der Waals surface area contributed by atoms with Gasteiger partial charge in [0.2, 0.25) is 0 Å². The minimum absolute atomic E-state index is 1.08. The average molecular weight is 152 g/mol. The zero-order chi connectivity index (χ0) is 7.84. The van der Waals surface area contributed by atoms with Crippen LogP contribution in [-0.2, 0) is 0 Å². The van der Waals surface area contributed by atoms with Crippen LogP contribution in [0.25, 0.3) is 0 Å². The third kappa shape index (κ3) is 1.77. The Balaban J connectivity index is 1.55. The van der Waals surface area contributed by atoms with Crippen molar-refractivity contribution in [1.29, 1.82) is 0 Å². The van der Waals surface area contributed by atoms with Gasteiger partial charge in [-0.1, -0.05) is 20.3 Å². The summed E-state index contributed by atoms with van der Waals surface area (Å²) in [6, 6.07) is 0. The topological polar surface area (TPSA) is 0 Å². The molecule has 0 bridgehead atoms. The highest BCUT2D eigenvalue weighted by molar-refractivity contribution is 4.89. The molecule has 0 amide bonds. The molecule has 64 valence electrons. The van der Waals surface area contributed by atoms with E-state index in [0.717, 1.165) is 23.7 Å². The molecule has 0 N–H and O–H groups in total. The highest BCUT2D eigenvalue weighted by atomic mass is 14.4. The largest absolute Gasteiger partial charge is 0.0651 e. The molecule has 2 rings (SSSR count). The Morgan fingerprint density at radius 2 is 1.64 bits per heavy atom. The fraction of sp³-hybridized carbons (Fsp3) is 1.00. The van der Waals surface area contributed by atoms with Gasteiger partial charge in [-0.3, -0.25) is 0 Å². The Hall–Kier alpha value is 0. The molecule has 2 aliphatic rings. The van der Waals surface area contributed by atoms with Gasteiger partial charge in [0, 0.05) is 0 Å². The van der Waals surface area contributed by atoms with Crippen LogP contribution in [0.3, 0.4) is 0 Å². The number of hydrogen-bond donors (Lipinski definition) is 0. The van der Waals surface area contributed by atoms with Crippen molar-refractivity contribution in [2.24, 2.45) is 23.7 Å². The van der Waals surface area contributed by atoms with Crippen LogP contribution in [0.2, 0.25) is 0 Å². The van der Waals surface area contributed by atoms with Gasteiger partial charge in [0.25, 0.3) is 0 Å². The van der Waals surface area contributed by atoms with Gasteiger partial charge in [-0.15, -0.1) is 0 Å². The molecule has 11 heavy (non-hydrogen) atoms. The van der Waals surface area contributed by atoms with Gasteiger partial charge >= 0.3 is 0 Å². The molecule has 0 aliphatic heterocycles. The van der Waals surface area contributed by atoms with E-state index in [9.17, 15) is 0 Å². The predicted octanol–water partition coefficient (Wildman–Crippen LogP) is 3.47. The van der Waals surface area contributed by atoms with E-state index in [1.165, 1.54) is 12.8 Å². The second kappa shape index (κ2) is 2.80. The van der Waals surface area contributed by atoms with E-state index in [4.69, 9.17) is 0 Å². The van der Waals surface area contributed by atoms with E-state index in [1.54, 1.807) is 19.3 Å². The molecule has 2 saturated carbocycles. The quantitative estimate of drug-likeness (QED) is 0.578. The first-order valence-electron chi connectivity index (χ1n) is 5.31. The van der Waals surface area contributed by atoms with E-state index in [-0.39, 0.29) is 0 Å². The Bertz CT molecular complexity index is 139. The zero-order valence-corrected chi connectivity index (χ0v) is 7.84. The third-order valence-corrected chi connectivity index (χ3v) is 3.78. The molecular formula is C11H20. The molecule has 0 nitrogen and oxygen atoms in total. The maximum Gasteiger partial charge on any atom is -0.0383 e. The van der Waals surface area contributed by atoms with Crippen LogP contribution >= 0.6 is 0 Å². The second-order valence-electron chi connectivity index (χ2n) is 4.71. The highest BCUT2D eigenvalue weighted by Crippen LogP contribution is 2.49. The second-order valence-corrected chi connectivity index (χ2v) is 4.71. The SMILES string of the molecule is CCC1CC1CCC1CC1C. The van der Waals surface area contributed by atoms with Gasteiger partial charge in [-0.25, -0.2) is 0 Å². The molecule has 2 fully saturated rings. The van der Waals surface area contributed by atoms with Gasteiger partial charge < -0.3 is 0 Å².